The SMILES string of the molecule is CCCNCc1ccc(COC(C)(C)CC)nc1. The summed E-state index contributed by atoms with van der Waals surface area (Å²) in [4.78, 5) is 4.43. The zero-order valence-corrected chi connectivity index (χ0v) is 12.1. The molecule has 18 heavy (non-hydrogen) atoms. The first-order chi connectivity index (χ1) is 8.57. The highest BCUT2D eigenvalue weighted by molar-refractivity contribution is 5.13. The van der Waals surface area contributed by atoms with E-state index in [0.29, 0.717) is 6.61 Å². The highest BCUT2D eigenvalue weighted by Crippen LogP contribution is 2.15. The number of hydrogen-bond donors (Lipinski definition) is 1. The average Bonchev–Trinajstić information content (AvgIpc) is 2.38. The maximum atomic E-state index is 5.82. The molecule has 0 bridgehead atoms. The highest BCUT2D eigenvalue weighted by atomic mass is 16.5. The lowest BCUT2D eigenvalue weighted by molar-refractivity contribution is -0.0330. The molecule has 1 rings (SSSR count). The standard InChI is InChI=1S/C15H26N2O/c1-5-9-16-10-13-7-8-14(17-11-13)12-18-15(3,4)6-2/h7-8,11,16H,5-6,9-10,12H2,1-4H3. The first kappa shape index (κ1) is 15.1. The van der Waals surface area contributed by atoms with E-state index in [1.54, 1.807) is 0 Å². The van der Waals surface area contributed by atoms with Crippen molar-refractivity contribution >= 4 is 0 Å². The second kappa shape index (κ2) is 7.49. The Morgan fingerprint density at radius 1 is 1.28 bits per heavy atom. The van der Waals surface area contributed by atoms with Crippen molar-refractivity contribution in [2.75, 3.05) is 6.54 Å². The van der Waals surface area contributed by atoms with Gasteiger partial charge in [-0.15, -0.1) is 0 Å². The molecule has 1 aromatic heterocycles. The van der Waals surface area contributed by atoms with E-state index in [4.69, 9.17) is 4.74 Å². The van der Waals surface area contributed by atoms with Gasteiger partial charge in [-0.3, -0.25) is 4.98 Å². The molecule has 0 radical (unpaired) electrons. The van der Waals surface area contributed by atoms with Crippen LogP contribution in [0.5, 0.6) is 0 Å². The molecule has 0 aliphatic heterocycles. The Morgan fingerprint density at radius 3 is 2.61 bits per heavy atom. The second-order valence-corrected chi connectivity index (χ2v) is 5.24. The molecule has 0 saturated carbocycles. The molecule has 102 valence electrons. The fourth-order valence-electron chi connectivity index (χ4n) is 1.43. The molecule has 0 unspecified atom stereocenters. The molecule has 0 aliphatic rings. The summed E-state index contributed by atoms with van der Waals surface area (Å²) < 4.78 is 5.82. The number of aromatic nitrogens is 1. The maximum Gasteiger partial charge on any atom is 0.0895 e. The van der Waals surface area contributed by atoms with Crippen molar-refractivity contribution in [1.29, 1.82) is 0 Å². The summed E-state index contributed by atoms with van der Waals surface area (Å²) in [5.41, 5.74) is 2.15. The molecule has 0 atom stereocenters. The number of pyridine rings is 1. The molecule has 0 fully saturated rings. The Morgan fingerprint density at radius 2 is 2.06 bits per heavy atom. The van der Waals surface area contributed by atoms with E-state index in [9.17, 15) is 0 Å². The number of rotatable bonds is 8. The van der Waals surface area contributed by atoms with Gasteiger partial charge in [0.1, 0.15) is 0 Å². The predicted octanol–water partition coefficient (Wildman–Crippen LogP) is 3.29. The van der Waals surface area contributed by atoms with E-state index in [0.717, 1.165) is 31.6 Å². The van der Waals surface area contributed by atoms with Crippen LogP contribution in [-0.4, -0.2) is 17.1 Å². The lowest BCUT2D eigenvalue weighted by atomic mass is 10.1. The van der Waals surface area contributed by atoms with E-state index in [1.807, 2.05) is 6.20 Å². The van der Waals surface area contributed by atoms with Crippen LogP contribution in [0.3, 0.4) is 0 Å². The predicted molar refractivity (Wildman–Crippen MR) is 75.4 cm³/mol. The van der Waals surface area contributed by atoms with Crippen LogP contribution in [-0.2, 0) is 17.9 Å². The fourth-order valence-corrected chi connectivity index (χ4v) is 1.43. The molecule has 1 heterocycles. The molecule has 1 N–H and O–H groups in total. The van der Waals surface area contributed by atoms with Crippen molar-refractivity contribution in [3.63, 3.8) is 0 Å². The monoisotopic (exact) mass is 250 g/mol. The lowest BCUT2D eigenvalue weighted by Crippen LogP contribution is -2.23. The topological polar surface area (TPSA) is 34.1 Å². The third-order valence-corrected chi connectivity index (χ3v) is 3.10. The highest BCUT2D eigenvalue weighted by Gasteiger charge is 2.15. The van der Waals surface area contributed by atoms with E-state index >= 15 is 0 Å². The molecular formula is C15H26N2O. The van der Waals surface area contributed by atoms with Crippen molar-refractivity contribution in [1.82, 2.24) is 10.3 Å². The third kappa shape index (κ3) is 5.61. The van der Waals surface area contributed by atoms with Crippen molar-refractivity contribution in [2.45, 2.75) is 59.3 Å². The van der Waals surface area contributed by atoms with Gasteiger partial charge in [-0.2, -0.15) is 0 Å². The summed E-state index contributed by atoms with van der Waals surface area (Å²) in [6.45, 7) is 11.0. The first-order valence-corrected chi connectivity index (χ1v) is 6.86. The van der Waals surface area contributed by atoms with Gasteiger partial charge in [0.25, 0.3) is 0 Å². The summed E-state index contributed by atoms with van der Waals surface area (Å²) in [5.74, 6) is 0. The largest absolute Gasteiger partial charge is 0.369 e. The van der Waals surface area contributed by atoms with Gasteiger partial charge in [-0.1, -0.05) is 19.9 Å². The van der Waals surface area contributed by atoms with Crippen LogP contribution in [0.4, 0.5) is 0 Å². The summed E-state index contributed by atoms with van der Waals surface area (Å²) in [6.07, 6.45) is 4.10. The first-order valence-electron chi connectivity index (χ1n) is 6.86. The van der Waals surface area contributed by atoms with E-state index in [1.165, 1.54) is 5.56 Å². The molecule has 0 aliphatic carbocycles. The Hall–Kier alpha value is -0.930. The molecule has 0 aromatic carbocycles. The van der Waals surface area contributed by atoms with Crippen LogP contribution < -0.4 is 5.32 Å². The van der Waals surface area contributed by atoms with Crippen LogP contribution in [0.25, 0.3) is 0 Å². The van der Waals surface area contributed by atoms with Crippen molar-refractivity contribution < 1.29 is 4.74 Å². The van der Waals surface area contributed by atoms with Crippen LogP contribution in [0.15, 0.2) is 18.3 Å². The van der Waals surface area contributed by atoms with Gasteiger partial charge < -0.3 is 10.1 Å². The lowest BCUT2D eigenvalue weighted by Gasteiger charge is -2.23. The van der Waals surface area contributed by atoms with E-state index in [2.05, 4.69) is 50.1 Å². The molecular weight excluding hydrogens is 224 g/mol. The summed E-state index contributed by atoms with van der Waals surface area (Å²) >= 11 is 0. The van der Waals surface area contributed by atoms with Gasteiger partial charge >= 0.3 is 0 Å². The molecule has 0 amide bonds. The molecule has 0 saturated heterocycles. The number of nitrogens with zero attached hydrogens (tertiary/aromatic N) is 1. The summed E-state index contributed by atoms with van der Waals surface area (Å²) in [6, 6.07) is 4.17. The Kier molecular flexibility index (Phi) is 6.30. The average molecular weight is 250 g/mol. The minimum absolute atomic E-state index is 0.0664. The molecule has 3 nitrogen and oxygen atoms in total. The van der Waals surface area contributed by atoms with E-state index < -0.39 is 0 Å². The van der Waals surface area contributed by atoms with Crippen LogP contribution in [0, 0.1) is 0 Å². The molecule has 1 aromatic rings. The van der Waals surface area contributed by atoms with Gasteiger partial charge in [0.05, 0.1) is 17.9 Å². The maximum absolute atomic E-state index is 5.82. The fraction of sp³-hybridized carbons (Fsp3) is 0.667. The molecule has 3 heteroatoms. The van der Waals surface area contributed by atoms with Crippen molar-refractivity contribution in [2.24, 2.45) is 0 Å². The van der Waals surface area contributed by atoms with Crippen molar-refractivity contribution in [3.05, 3.63) is 29.6 Å². The van der Waals surface area contributed by atoms with Crippen LogP contribution >= 0.6 is 0 Å². The van der Waals surface area contributed by atoms with Gasteiger partial charge in [-0.05, 0) is 44.9 Å². The third-order valence-electron chi connectivity index (χ3n) is 3.10. The zero-order valence-electron chi connectivity index (χ0n) is 12.1. The summed E-state index contributed by atoms with van der Waals surface area (Å²) in [7, 11) is 0. The van der Waals surface area contributed by atoms with Crippen LogP contribution in [0.1, 0.15) is 51.8 Å². The van der Waals surface area contributed by atoms with Crippen molar-refractivity contribution in [3.8, 4) is 0 Å². The smallest absolute Gasteiger partial charge is 0.0895 e. The number of ether oxygens (including phenoxy) is 1. The Labute approximate surface area is 111 Å². The quantitative estimate of drug-likeness (QED) is 0.719. The van der Waals surface area contributed by atoms with Gasteiger partial charge in [0, 0.05) is 12.7 Å². The second-order valence-electron chi connectivity index (χ2n) is 5.24. The van der Waals surface area contributed by atoms with Gasteiger partial charge in [0.2, 0.25) is 0 Å². The Balaban J connectivity index is 2.40. The summed E-state index contributed by atoms with van der Waals surface area (Å²) in [5, 5.41) is 3.36. The zero-order chi connectivity index (χ0) is 13.4. The molecule has 0 spiro atoms. The number of hydrogen-bond acceptors (Lipinski definition) is 3. The van der Waals surface area contributed by atoms with E-state index in [-0.39, 0.29) is 5.60 Å². The number of nitrogens with one attached hydrogen (secondary N) is 1. The normalized spacial score (nSPS) is 11.8. The minimum atomic E-state index is -0.0664. The minimum Gasteiger partial charge on any atom is -0.369 e. The van der Waals surface area contributed by atoms with Gasteiger partial charge in [0.15, 0.2) is 0 Å². The van der Waals surface area contributed by atoms with Gasteiger partial charge in [-0.25, -0.2) is 0 Å². The van der Waals surface area contributed by atoms with Crippen LogP contribution in [0.2, 0.25) is 0 Å². The Bertz CT molecular complexity index is 333.